The number of rotatable bonds is 2. The zero-order valence-corrected chi connectivity index (χ0v) is 15.2. The Hall–Kier alpha value is 1.21. The average molecular weight is 423 g/mol. The zero-order chi connectivity index (χ0) is 12.6. The fourth-order valence-corrected chi connectivity index (χ4v) is 113. The number of likely N-dealkylation sites (tertiary alicyclic amines) is 1. The van der Waals surface area contributed by atoms with Crippen LogP contribution in [0.2, 0.25) is 42.8 Å². The average Bonchev–Trinajstić information content (AvgIpc) is 3.42. The molecule has 11 aliphatic rings. The van der Waals surface area contributed by atoms with Crippen molar-refractivity contribution in [1.82, 2.24) is 4.90 Å². The number of hydrogen-bond donors (Lipinski definition) is 0. The van der Waals surface area contributed by atoms with Gasteiger partial charge in [-0.3, -0.25) is 0 Å². The van der Waals surface area contributed by atoms with E-state index in [1.807, 2.05) is 0 Å². The van der Waals surface area contributed by atoms with E-state index in [1.54, 1.807) is 0 Å². The third-order valence-corrected chi connectivity index (χ3v) is 70.6. The molecule has 11 fully saturated rings. The molecule has 1 spiro atoms. The van der Waals surface area contributed by atoms with Gasteiger partial charge in [0.15, 0.2) is 0 Å². The van der Waals surface area contributed by atoms with Crippen molar-refractivity contribution < 1.29 is 6.51 Å². The van der Waals surface area contributed by atoms with E-state index in [2.05, 4.69) is 34.4 Å². The molecule has 11 saturated heterocycles. The third kappa shape index (κ3) is 0.105. The van der Waals surface area contributed by atoms with Gasteiger partial charge in [-0.15, -0.1) is 0 Å². The number of fused-ring (bicyclic) bond motifs is 10. The molecular weight excluding hydrogens is 401 g/mol. The van der Waals surface area contributed by atoms with Gasteiger partial charge >= 0.3 is 124 Å². The summed E-state index contributed by atoms with van der Waals surface area (Å²) in [5.74, 6) is 0. The van der Waals surface area contributed by atoms with Gasteiger partial charge in [-0.2, -0.15) is 0 Å². The summed E-state index contributed by atoms with van der Waals surface area (Å²) >= 11 is 3.20. The first kappa shape index (κ1) is 8.89. The summed E-state index contributed by atoms with van der Waals surface area (Å²) in [5.41, 5.74) is 0. The first-order chi connectivity index (χ1) is 9.45. The van der Waals surface area contributed by atoms with E-state index in [-0.39, 0.29) is 0 Å². The van der Waals surface area contributed by atoms with Gasteiger partial charge in [0.1, 0.15) is 0 Å². The maximum absolute atomic E-state index is 3.20. The van der Waals surface area contributed by atoms with Gasteiger partial charge in [0, 0.05) is 0 Å². The maximum atomic E-state index is 3.20. The fourth-order valence-electron chi connectivity index (χ4n) is 19.2. The number of halogens is 1. The molecule has 0 amide bonds. The molecule has 20 heavy (non-hydrogen) atoms. The predicted molar refractivity (Wildman–Crippen MR) is 84.3 cm³/mol. The molecule has 0 aromatic carbocycles. The molecule has 0 N–H and O–H groups in total. The molecule has 3 heteroatoms. The molecular formula is C17H22FeIN. The van der Waals surface area contributed by atoms with E-state index in [0.717, 1.165) is 12.7 Å². The molecule has 0 saturated carbocycles. The topological polar surface area (TPSA) is 3.24 Å². The SMILES string of the molecule is C[C@@H](N1CCCCC1)[C@]12[CH]3[CH]4[CH]5[C]1(I)[Fe]45321678[CH]2[CH]1[CH]6[CH]7[CH]28. The van der Waals surface area contributed by atoms with E-state index in [4.69, 9.17) is 0 Å². The van der Waals surface area contributed by atoms with Crippen LogP contribution in [0.3, 0.4) is 0 Å². The molecule has 11 aliphatic heterocycles. The molecule has 0 aromatic heterocycles. The van der Waals surface area contributed by atoms with Crippen molar-refractivity contribution in [3.05, 3.63) is 0 Å². The van der Waals surface area contributed by atoms with Gasteiger partial charge in [0.05, 0.1) is 0 Å². The predicted octanol–water partition coefficient (Wildman–Crippen LogP) is 4.96. The molecule has 0 bridgehead atoms. The Labute approximate surface area is 124 Å². The van der Waals surface area contributed by atoms with Gasteiger partial charge in [-0.25, -0.2) is 0 Å². The normalized spacial score (nSPS) is 114. The minimum atomic E-state index is -2.96. The van der Waals surface area contributed by atoms with E-state index >= 15 is 0 Å². The van der Waals surface area contributed by atoms with E-state index in [1.165, 1.54) is 70.9 Å². The van der Waals surface area contributed by atoms with Crippen LogP contribution in [-0.4, -0.2) is 26.4 Å². The molecule has 0 aromatic rings. The molecule has 11 rings (SSSR count). The summed E-state index contributed by atoms with van der Waals surface area (Å²) in [5, 5.41) is 0. The Balaban J connectivity index is 1.35. The van der Waals surface area contributed by atoms with Gasteiger partial charge < -0.3 is 0 Å². The molecule has 6 atom stereocenters. The third-order valence-electron chi connectivity index (χ3n) is 17.3. The standard InChI is InChI=1S/C12H17IN.C5H5.Fe/c1-10(11-6-5-7-12(11)13)14-8-3-2-4-9-14;1-2-4-5-3-1;/h5-7,10H,2-4,8-9H2,1H3;1-5H;/t10-;;/m1../s1. The van der Waals surface area contributed by atoms with E-state index in [0.29, 0.717) is 0 Å². The molecule has 1 nitrogen and oxygen atoms in total. The quantitative estimate of drug-likeness (QED) is 0.345. The fraction of sp³-hybridized carbons (Fsp3) is 1.00. The molecule has 11 heterocycles. The Morgan fingerprint density at radius 2 is 1.55 bits per heavy atom. The Bertz CT molecular complexity index is 1050. The van der Waals surface area contributed by atoms with E-state index < -0.39 is 6.51 Å². The Morgan fingerprint density at radius 1 is 0.950 bits per heavy atom. The van der Waals surface area contributed by atoms with Crippen LogP contribution in [0.25, 0.3) is 0 Å². The van der Waals surface area contributed by atoms with Crippen LogP contribution >= 0.6 is 22.6 Å². The number of hydrogen-bond acceptors (Lipinski definition) is 1. The summed E-state index contributed by atoms with van der Waals surface area (Å²) in [4.78, 5) is 14.9. The zero-order valence-electron chi connectivity index (χ0n) is 11.9. The van der Waals surface area contributed by atoms with Crippen molar-refractivity contribution in [2.75, 3.05) is 13.1 Å². The van der Waals surface area contributed by atoms with Crippen LogP contribution in [0.5, 0.6) is 0 Å². The Morgan fingerprint density at radius 3 is 1.90 bits per heavy atom. The number of nitrogens with zero attached hydrogens (tertiary/aromatic N) is 1. The molecule has 110 valence electrons. The van der Waals surface area contributed by atoms with Crippen molar-refractivity contribution in [2.24, 2.45) is 0 Å². The van der Waals surface area contributed by atoms with E-state index in [9.17, 15) is 0 Å². The van der Waals surface area contributed by atoms with Gasteiger partial charge in [-0.05, 0) is 0 Å². The summed E-state index contributed by atoms with van der Waals surface area (Å²) in [7, 11) is 0. The molecule has 0 radical (unpaired) electrons. The molecule has 0 aliphatic carbocycles. The van der Waals surface area contributed by atoms with Crippen molar-refractivity contribution >= 4 is 22.6 Å². The number of piperidine rings is 1. The van der Waals surface area contributed by atoms with Crippen LogP contribution in [0.15, 0.2) is 0 Å². The van der Waals surface area contributed by atoms with Crippen LogP contribution in [-0.2, 0) is 6.51 Å². The summed E-state index contributed by atoms with van der Waals surface area (Å²) in [6.07, 6.45) is 4.51. The first-order valence-corrected chi connectivity index (χ1v) is 16.4. The minimum absolute atomic E-state index is 1.03. The van der Waals surface area contributed by atoms with Gasteiger partial charge in [0.25, 0.3) is 0 Å². The van der Waals surface area contributed by atoms with Crippen molar-refractivity contribution in [2.45, 2.75) is 77.4 Å². The van der Waals surface area contributed by atoms with Crippen LogP contribution in [0.1, 0.15) is 26.2 Å². The van der Waals surface area contributed by atoms with Crippen LogP contribution in [0, 0.1) is 0 Å². The molecule has 4 unspecified atom stereocenters. The van der Waals surface area contributed by atoms with Crippen molar-refractivity contribution in [3.8, 4) is 0 Å². The van der Waals surface area contributed by atoms with Gasteiger partial charge in [0.2, 0.25) is 0 Å². The summed E-state index contributed by atoms with van der Waals surface area (Å²) in [6, 6.07) is 1.03. The monoisotopic (exact) mass is 423 g/mol. The summed E-state index contributed by atoms with van der Waals surface area (Å²) in [6.45, 7) is 2.70. The summed E-state index contributed by atoms with van der Waals surface area (Å²) < 4.78 is 2.10. The van der Waals surface area contributed by atoms with Crippen LogP contribution in [0.4, 0.5) is 0 Å². The van der Waals surface area contributed by atoms with Crippen molar-refractivity contribution in [3.63, 3.8) is 0 Å². The van der Waals surface area contributed by atoms with Crippen LogP contribution < -0.4 is 0 Å². The van der Waals surface area contributed by atoms with Gasteiger partial charge in [-0.1, -0.05) is 0 Å². The first-order valence-electron chi connectivity index (χ1n) is 9.09. The second-order valence-corrected chi connectivity index (χ2v) is 38.4. The Kier molecular flexibility index (Phi) is 0.382. The number of alkyl halides is 1. The second-order valence-electron chi connectivity index (χ2n) is 12.5. The second kappa shape index (κ2) is 0.858. The van der Waals surface area contributed by atoms with Crippen molar-refractivity contribution in [1.29, 1.82) is 0 Å².